The highest BCUT2D eigenvalue weighted by Crippen LogP contribution is 2.21. The molecule has 6 nitrogen and oxygen atoms in total. The fourth-order valence-corrected chi connectivity index (χ4v) is 3.94. The number of fused-ring (bicyclic) bond motifs is 1. The predicted molar refractivity (Wildman–Crippen MR) is 110 cm³/mol. The molecule has 146 valence electrons. The molecule has 1 aliphatic rings. The first-order valence-electron chi connectivity index (χ1n) is 10.0. The average molecular weight is 377 g/mol. The molecule has 0 bridgehead atoms. The van der Waals surface area contributed by atoms with Gasteiger partial charge < -0.3 is 5.32 Å². The normalized spacial score (nSPS) is 17.7. The van der Waals surface area contributed by atoms with Gasteiger partial charge in [-0.05, 0) is 55.6 Å². The van der Waals surface area contributed by atoms with Gasteiger partial charge in [-0.2, -0.15) is 0 Å². The molecule has 1 atom stereocenters. The summed E-state index contributed by atoms with van der Waals surface area (Å²) in [5, 5.41) is 11.1. The Morgan fingerprint density at radius 2 is 2.00 bits per heavy atom. The molecule has 0 saturated carbocycles. The molecule has 1 fully saturated rings. The van der Waals surface area contributed by atoms with Crippen LogP contribution in [0.4, 0.5) is 0 Å². The second-order valence-corrected chi connectivity index (χ2v) is 7.68. The van der Waals surface area contributed by atoms with E-state index in [-0.39, 0.29) is 5.91 Å². The van der Waals surface area contributed by atoms with Gasteiger partial charge in [-0.3, -0.25) is 9.69 Å². The summed E-state index contributed by atoms with van der Waals surface area (Å²) < 4.78 is 1.68. The lowest BCUT2D eigenvalue weighted by molar-refractivity contribution is 0.0950. The van der Waals surface area contributed by atoms with E-state index in [1.54, 1.807) is 10.7 Å². The topological polar surface area (TPSA) is 63.1 Å². The summed E-state index contributed by atoms with van der Waals surface area (Å²) in [7, 11) is 1.83. The Kier molecular flexibility index (Phi) is 5.39. The minimum atomic E-state index is -0.0794. The Labute approximate surface area is 165 Å². The largest absolute Gasteiger partial charge is 0.348 e. The maximum absolute atomic E-state index is 12.7. The lowest BCUT2D eigenvalue weighted by Gasteiger charge is -2.33. The number of carbonyl (C=O) groups is 1. The number of piperidine rings is 1. The van der Waals surface area contributed by atoms with E-state index in [1.165, 1.54) is 30.4 Å². The summed E-state index contributed by atoms with van der Waals surface area (Å²) in [5.74, 6) is -0.0794. The van der Waals surface area contributed by atoms with Crippen molar-refractivity contribution in [3.63, 3.8) is 0 Å². The van der Waals surface area contributed by atoms with E-state index in [9.17, 15) is 4.79 Å². The zero-order valence-electron chi connectivity index (χ0n) is 16.6. The fourth-order valence-electron chi connectivity index (χ4n) is 3.94. The van der Waals surface area contributed by atoms with Gasteiger partial charge in [-0.15, -0.1) is 5.10 Å². The molecule has 6 heteroatoms. The van der Waals surface area contributed by atoms with Crippen LogP contribution < -0.4 is 5.32 Å². The molecule has 1 saturated heterocycles. The SMILES string of the molecule is CC1CCCCN1Cc1ccccc1CNC(=O)c1ccc2nnn(C)c2c1. The summed E-state index contributed by atoms with van der Waals surface area (Å²) in [4.78, 5) is 15.2. The highest BCUT2D eigenvalue weighted by molar-refractivity contribution is 5.97. The summed E-state index contributed by atoms with van der Waals surface area (Å²) in [6, 6.07) is 14.5. The maximum Gasteiger partial charge on any atom is 0.251 e. The molecule has 2 heterocycles. The van der Waals surface area contributed by atoms with E-state index in [0.29, 0.717) is 18.2 Å². The third-order valence-corrected chi connectivity index (χ3v) is 5.74. The van der Waals surface area contributed by atoms with Crippen LogP contribution in [0.15, 0.2) is 42.5 Å². The number of hydrogen-bond acceptors (Lipinski definition) is 4. The van der Waals surface area contributed by atoms with Gasteiger partial charge in [-0.1, -0.05) is 35.9 Å². The average Bonchev–Trinajstić information content (AvgIpc) is 3.09. The molecular weight excluding hydrogens is 350 g/mol. The molecule has 1 N–H and O–H groups in total. The van der Waals surface area contributed by atoms with Crippen molar-refractivity contribution >= 4 is 16.9 Å². The van der Waals surface area contributed by atoms with Crippen LogP contribution in [0.3, 0.4) is 0 Å². The van der Waals surface area contributed by atoms with Gasteiger partial charge in [0.15, 0.2) is 0 Å². The number of hydrogen-bond donors (Lipinski definition) is 1. The van der Waals surface area contributed by atoms with Gasteiger partial charge in [0.25, 0.3) is 5.91 Å². The van der Waals surface area contributed by atoms with E-state index in [1.807, 2.05) is 25.2 Å². The van der Waals surface area contributed by atoms with E-state index in [4.69, 9.17) is 0 Å². The van der Waals surface area contributed by atoms with Crippen LogP contribution in [0, 0.1) is 0 Å². The zero-order chi connectivity index (χ0) is 19.5. The van der Waals surface area contributed by atoms with Crippen molar-refractivity contribution in [2.24, 2.45) is 7.05 Å². The number of nitrogens with zero attached hydrogens (tertiary/aromatic N) is 4. The second kappa shape index (κ2) is 8.10. The number of aryl methyl sites for hydroxylation is 1. The first kappa shape index (κ1) is 18.6. The van der Waals surface area contributed by atoms with Crippen LogP contribution in [0.1, 0.15) is 47.7 Å². The number of rotatable bonds is 5. The van der Waals surface area contributed by atoms with Crippen molar-refractivity contribution in [3.8, 4) is 0 Å². The minimum absolute atomic E-state index is 0.0794. The van der Waals surface area contributed by atoms with Crippen LogP contribution in [-0.2, 0) is 20.1 Å². The van der Waals surface area contributed by atoms with Crippen molar-refractivity contribution in [1.82, 2.24) is 25.2 Å². The van der Waals surface area contributed by atoms with Crippen molar-refractivity contribution in [1.29, 1.82) is 0 Å². The van der Waals surface area contributed by atoms with Crippen LogP contribution >= 0.6 is 0 Å². The molecule has 3 aromatic rings. The summed E-state index contributed by atoms with van der Waals surface area (Å²) >= 11 is 0. The first-order valence-corrected chi connectivity index (χ1v) is 10.0. The Morgan fingerprint density at radius 3 is 2.82 bits per heavy atom. The molecule has 1 aliphatic heterocycles. The third-order valence-electron chi connectivity index (χ3n) is 5.74. The number of aromatic nitrogens is 3. The molecule has 28 heavy (non-hydrogen) atoms. The number of amides is 1. The number of likely N-dealkylation sites (tertiary alicyclic amines) is 1. The first-order chi connectivity index (χ1) is 13.6. The molecule has 1 aromatic heterocycles. The molecule has 0 radical (unpaired) electrons. The van der Waals surface area contributed by atoms with E-state index in [0.717, 1.165) is 24.1 Å². The Bertz CT molecular complexity index is 980. The quantitative estimate of drug-likeness (QED) is 0.741. The molecule has 2 aromatic carbocycles. The number of benzene rings is 2. The highest BCUT2D eigenvalue weighted by atomic mass is 16.1. The molecule has 0 spiro atoms. The van der Waals surface area contributed by atoms with Gasteiger partial charge in [0.05, 0.1) is 5.52 Å². The Morgan fingerprint density at radius 1 is 1.18 bits per heavy atom. The molecule has 1 unspecified atom stereocenters. The van der Waals surface area contributed by atoms with Gasteiger partial charge >= 0.3 is 0 Å². The zero-order valence-corrected chi connectivity index (χ0v) is 16.6. The third kappa shape index (κ3) is 3.92. The summed E-state index contributed by atoms with van der Waals surface area (Å²) in [5.41, 5.74) is 4.74. The van der Waals surface area contributed by atoms with Crippen molar-refractivity contribution in [2.75, 3.05) is 6.54 Å². The standard InChI is InChI=1S/C22H27N5O/c1-16-7-5-6-12-27(16)15-19-9-4-3-8-18(19)14-23-22(28)17-10-11-20-21(13-17)26(2)25-24-20/h3-4,8-11,13,16H,5-7,12,14-15H2,1-2H3,(H,23,28). The fraction of sp³-hybridized carbons (Fsp3) is 0.409. The Hall–Kier alpha value is -2.73. The van der Waals surface area contributed by atoms with Crippen LogP contribution in [0.2, 0.25) is 0 Å². The van der Waals surface area contributed by atoms with E-state index < -0.39 is 0 Å². The smallest absolute Gasteiger partial charge is 0.251 e. The number of nitrogens with one attached hydrogen (secondary N) is 1. The van der Waals surface area contributed by atoms with Gasteiger partial charge in [-0.25, -0.2) is 4.68 Å². The highest BCUT2D eigenvalue weighted by Gasteiger charge is 2.19. The molecule has 1 amide bonds. The minimum Gasteiger partial charge on any atom is -0.348 e. The lowest BCUT2D eigenvalue weighted by Crippen LogP contribution is -2.37. The molecular formula is C22H27N5O. The van der Waals surface area contributed by atoms with Crippen molar-refractivity contribution in [2.45, 2.75) is 45.3 Å². The van der Waals surface area contributed by atoms with Crippen LogP contribution in [0.25, 0.3) is 11.0 Å². The maximum atomic E-state index is 12.7. The van der Waals surface area contributed by atoms with Gasteiger partial charge in [0.1, 0.15) is 5.52 Å². The predicted octanol–water partition coefficient (Wildman–Crippen LogP) is 3.27. The monoisotopic (exact) mass is 377 g/mol. The van der Waals surface area contributed by atoms with E-state index >= 15 is 0 Å². The Balaban J connectivity index is 1.45. The second-order valence-electron chi connectivity index (χ2n) is 7.68. The lowest BCUT2D eigenvalue weighted by atomic mass is 10.0. The van der Waals surface area contributed by atoms with Crippen molar-refractivity contribution in [3.05, 3.63) is 59.2 Å². The molecule has 0 aliphatic carbocycles. The number of carbonyl (C=O) groups excluding carboxylic acids is 1. The summed E-state index contributed by atoms with van der Waals surface area (Å²) in [6.07, 6.45) is 3.87. The van der Waals surface area contributed by atoms with Crippen LogP contribution in [0.5, 0.6) is 0 Å². The van der Waals surface area contributed by atoms with Crippen molar-refractivity contribution < 1.29 is 4.79 Å². The summed E-state index contributed by atoms with van der Waals surface area (Å²) in [6.45, 7) is 4.94. The molecule has 4 rings (SSSR count). The van der Waals surface area contributed by atoms with E-state index in [2.05, 4.69) is 45.7 Å². The van der Waals surface area contributed by atoms with Gasteiger partial charge in [0.2, 0.25) is 0 Å². The van der Waals surface area contributed by atoms with Crippen LogP contribution in [-0.4, -0.2) is 38.4 Å². The van der Waals surface area contributed by atoms with Gasteiger partial charge in [0, 0.05) is 31.7 Å².